The molecule has 2 saturated carbocycles. The third kappa shape index (κ3) is 2.07. The van der Waals surface area contributed by atoms with E-state index in [0.29, 0.717) is 0 Å². The number of hydrogen-bond acceptors (Lipinski definition) is 4. The van der Waals surface area contributed by atoms with Gasteiger partial charge in [-0.3, -0.25) is 9.69 Å². The van der Waals surface area contributed by atoms with Gasteiger partial charge in [0.1, 0.15) is 5.92 Å². The zero-order valence-electron chi connectivity index (χ0n) is 14.8. The maximum absolute atomic E-state index is 13.5. The molecule has 2 heterocycles. The van der Waals surface area contributed by atoms with Gasteiger partial charge >= 0.3 is 0 Å². The van der Waals surface area contributed by atoms with Gasteiger partial charge in [-0.25, -0.2) is 8.78 Å². The van der Waals surface area contributed by atoms with Crippen LogP contribution in [-0.2, 0) is 4.79 Å². The highest BCUT2D eigenvalue weighted by atomic mass is 19.3. The fraction of sp³-hybridized carbons (Fsp3) is 0.889. The Morgan fingerprint density at radius 2 is 2.12 bits per heavy atom. The quantitative estimate of drug-likeness (QED) is 0.818. The summed E-state index contributed by atoms with van der Waals surface area (Å²) in [5.41, 5.74) is -0.980. The zero-order chi connectivity index (χ0) is 18.3. The molecule has 7 heteroatoms. The third-order valence-electron chi connectivity index (χ3n) is 7.40. The molecule has 0 aromatic rings. The Bertz CT molecular complexity index is 657. The molecule has 4 atom stereocenters. The number of amides is 1. The summed E-state index contributed by atoms with van der Waals surface area (Å²) in [7, 11) is 0. The number of halogens is 2. The molecule has 2 saturated heterocycles. The van der Waals surface area contributed by atoms with Crippen LogP contribution in [-0.4, -0.2) is 63.6 Å². The number of rotatable bonds is 5. The predicted molar refractivity (Wildman–Crippen MR) is 85.7 cm³/mol. The van der Waals surface area contributed by atoms with Gasteiger partial charge in [0.15, 0.2) is 0 Å². The van der Waals surface area contributed by atoms with E-state index < -0.39 is 22.9 Å². The van der Waals surface area contributed by atoms with Crippen LogP contribution in [0.15, 0.2) is 0 Å². The normalized spacial score (nSPS) is 39.5. The minimum Gasteiger partial charge on any atom is -0.394 e. The van der Waals surface area contributed by atoms with E-state index in [2.05, 4.69) is 6.07 Å². The molecule has 4 unspecified atom stereocenters. The van der Waals surface area contributed by atoms with Crippen molar-refractivity contribution in [1.82, 2.24) is 9.80 Å². The van der Waals surface area contributed by atoms with Gasteiger partial charge in [-0.15, -0.1) is 0 Å². The molecule has 1 N–H and O–H groups in total. The lowest BCUT2D eigenvalue weighted by molar-refractivity contribution is -0.198. The molecular weight excluding hydrogens is 328 g/mol. The van der Waals surface area contributed by atoms with Crippen molar-refractivity contribution in [3.8, 4) is 6.07 Å². The van der Waals surface area contributed by atoms with Crippen molar-refractivity contribution in [1.29, 1.82) is 5.26 Å². The van der Waals surface area contributed by atoms with Crippen molar-refractivity contribution >= 4 is 5.91 Å². The van der Waals surface area contributed by atoms with Gasteiger partial charge in [-0.1, -0.05) is 0 Å². The number of piperidine rings is 1. The summed E-state index contributed by atoms with van der Waals surface area (Å²) < 4.78 is 27.1. The summed E-state index contributed by atoms with van der Waals surface area (Å²) >= 11 is 0. The average molecular weight is 353 g/mol. The van der Waals surface area contributed by atoms with Crippen LogP contribution in [0.2, 0.25) is 0 Å². The fourth-order valence-corrected chi connectivity index (χ4v) is 5.63. The highest BCUT2D eigenvalue weighted by Crippen LogP contribution is 2.79. The Kier molecular flexibility index (Phi) is 3.38. The zero-order valence-corrected chi connectivity index (χ0v) is 14.8. The van der Waals surface area contributed by atoms with E-state index in [-0.39, 0.29) is 49.9 Å². The molecule has 4 rings (SSSR count). The molecule has 0 bridgehead atoms. The monoisotopic (exact) mass is 353 g/mol. The summed E-state index contributed by atoms with van der Waals surface area (Å²) in [6.45, 7) is 3.57. The van der Waals surface area contributed by atoms with Crippen LogP contribution >= 0.6 is 0 Å². The molecule has 2 aliphatic carbocycles. The number of aliphatic hydroxyl groups excluding tert-OH is 1. The van der Waals surface area contributed by atoms with Gasteiger partial charge in [0.2, 0.25) is 5.91 Å². The average Bonchev–Trinajstić information content (AvgIpc) is 3.16. The standard InChI is InChI=1S/C18H25F2N3O2/c1-15(2,22-6-5-18(19,20)10-22)7-12(9-21)14(25)23-13-8-16(13)3-4-17(16,23)11-24/h12-13,24H,3-8,10-11H2,1-2H3. The van der Waals surface area contributed by atoms with Crippen LogP contribution in [0.1, 0.15) is 46.0 Å². The predicted octanol–water partition coefficient (Wildman–Crippen LogP) is 1.76. The molecule has 0 aromatic carbocycles. The molecule has 4 aliphatic rings. The second-order valence-electron chi connectivity index (χ2n) is 9.00. The van der Waals surface area contributed by atoms with Crippen LogP contribution in [0.4, 0.5) is 8.78 Å². The van der Waals surface area contributed by atoms with E-state index in [9.17, 15) is 23.9 Å². The Morgan fingerprint density at radius 3 is 2.60 bits per heavy atom. The van der Waals surface area contributed by atoms with Gasteiger partial charge in [-0.05, 0) is 39.5 Å². The van der Waals surface area contributed by atoms with E-state index in [1.54, 1.807) is 9.80 Å². The van der Waals surface area contributed by atoms with Crippen molar-refractivity contribution in [3.63, 3.8) is 0 Å². The van der Waals surface area contributed by atoms with Crippen LogP contribution in [0.25, 0.3) is 0 Å². The van der Waals surface area contributed by atoms with Gasteiger partial charge < -0.3 is 10.0 Å². The first-order chi connectivity index (χ1) is 11.6. The van der Waals surface area contributed by atoms with Crippen LogP contribution < -0.4 is 0 Å². The molecule has 1 spiro atoms. The van der Waals surface area contributed by atoms with Gasteiger partial charge in [-0.2, -0.15) is 5.26 Å². The van der Waals surface area contributed by atoms with Crippen LogP contribution in [0.5, 0.6) is 0 Å². The van der Waals surface area contributed by atoms with E-state index in [1.165, 1.54) is 0 Å². The summed E-state index contributed by atoms with van der Waals surface area (Å²) in [5, 5.41) is 19.4. The maximum Gasteiger partial charge on any atom is 0.261 e. The van der Waals surface area contributed by atoms with Crippen molar-refractivity contribution < 1.29 is 18.7 Å². The number of hydrogen-bond donors (Lipinski definition) is 1. The molecule has 0 aromatic heterocycles. The lowest BCUT2D eigenvalue weighted by Gasteiger charge is -2.65. The minimum atomic E-state index is -2.69. The van der Waals surface area contributed by atoms with Gasteiger partial charge in [0.25, 0.3) is 5.92 Å². The molecule has 2 aliphatic heterocycles. The SMILES string of the molecule is CC(C)(CC(C#N)C(=O)N1C2CC23CCC13CO)N1CCC(F)(F)C1. The van der Waals surface area contributed by atoms with Crippen LogP contribution in [0.3, 0.4) is 0 Å². The lowest BCUT2D eigenvalue weighted by Crippen LogP contribution is -2.76. The first-order valence-corrected chi connectivity index (χ1v) is 9.09. The second kappa shape index (κ2) is 4.92. The number of nitrogens with zero attached hydrogens (tertiary/aromatic N) is 3. The first-order valence-electron chi connectivity index (χ1n) is 9.09. The van der Waals surface area contributed by atoms with E-state index >= 15 is 0 Å². The number of alkyl halides is 2. The fourth-order valence-electron chi connectivity index (χ4n) is 5.63. The maximum atomic E-state index is 13.5. The van der Waals surface area contributed by atoms with Crippen molar-refractivity contribution in [3.05, 3.63) is 0 Å². The summed E-state index contributed by atoms with van der Waals surface area (Å²) in [4.78, 5) is 16.4. The number of likely N-dealkylation sites (tertiary alicyclic amines) is 2. The Balaban J connectivity index is 1.46. The van der Waals surface area contributed by atoms with Gasteiger partial charge in [0.05, 0.1) is 24.8 Å². The van der Waals surface area contributed by atoms with Crippen molar-refractivity contribution in [2.45, 2.75) is 69.0 Å². The number of carbonyl (C=O) groups excluding carboxylic acids is 1. The number of nitriles is 1. The second-order valence-corrected chi connectivity index (χ2v) is 9.00. The Labute approximate surface area is 146 Å². The first kappa shape index (κ1) is 17.2. The summed E-state index contributed by atoms with van der Waals surface area (Å²) in [6, 6.07) is 2.28. The molecule has 0 radical (unpaired) electrons. The largest absolute Gasteiger partial charge is 0.394 e. The molecule has 5 nitrogen and oxygen atoms in total. The number of aliphatic hydroxyl groups is 1. The summed E-state index contributed by atoms with van der Waals surface area (Å²) in [6.07, 6.45) is 2.83. The minimum absolute atomic E-state index is 0.0465. The van der Waals surface area contributed by atoms with Crippen LogP contribution in [0, 0.1) is 22.7 Å². The van der Waals surface area contributed by atoms with Crippen molar-refractivity contribution in [2.24, 2.45) is 11.3 Å². The topological polar surface area (TPSA) is 67.6 Å². The Hall–Kier alpha value is -1.26. The van der Waals surface area contributed by atoms with Gasteiger partial charge in [0, 0.05) is 30.0 Å². The molecule has 138 valence electrons. The summed E-state index contributed by atoms with van der Waals surface area (Å²) in [5.74, 6) is -3.78. The molecular formula is C18H25F2N3O2. The van der Waals surface area contributed by atoms with Crippen molar-refractivity contribution in [2.75, 3.05) is 19.7 Å². The molecule has 1 amide bonds. The van der Waals surface area contributed by atoms with E-state index in [0.717, 1.165) is 19.3 Å². The number of carbonyl (C=O) groups is 1. The third-order valence-corrected chi connectivity index (χ3v) is 7.40. The highest BCUT2D eigenvalue weighted by Gasteiger charge is 2.86. The highest BCUT2D eigenvalue weighted by molar-refractivity contribution is 5.85. The van der Waals surface area contributed by atoms with E-state index in [4.69, 9.17) is 0 Å². The lowest BCUT2D eigenvalue weighted by atomic mass is 9.56. The molecule has 4 fully saturated rings. The molecule has 25 heavy (non-hydrogen) atoms. The smallest absolute Gasteiger partial charge is 0.261 e. The van der Waals surface area contributed by atoms with E-state index in [1.807, 2.05) is 13.8 Å². The Morgan fingerprint density at radius 1 is 1.40 bits per heavy atom.